The molecule has 0 aromatic heterocycles. The van der Waals surface area contributed by atoms with Gasteiger partial charge in [-0.25, -0.2) is 8.42 Å². The molecule has 0 aliphatic rings. The van der Waals surface area contributed by atoms with Crippen molar-refractivity contribution >= 4 is 33.2 Å². The Morgan fingerprint density at radius 2 is 1.57 bits per heavy atom. The van der Waals surface area contributed by atoms with E-state index < -0.39 is 22.5 Å². The number of hydrogen-bond donors (Lipinski definition) is 0. The molecule has 5 nitrogen and oxygen atoms in total. The number of amides is 1. The Balaban J connectivity index is 1.92. The van der Waals surface area contributed by atoms with Gasteiger partial charge in [-0.2, -0.15) is 4.31 Å². The summed E-state index contributed by atoms with van der Waals surface area (Å²) < 4.78 is 32.6. The van der Waals surface area contributed by atoms with Crippen LogP contribution in [0, 0.1) is 6.92 Å². The van der Waals surface area contributed by atoms with Crippen LogP contribution in [0.4, 0.5) is 5.69 Å². The predicted octanol–water partition coefficient (Wildman–Crippen LogP) is 4.45. The number of nitrogens with zero attached hydrogens (tertiary/aromatic N) is 1. The molecule has 0 saturated heterocycles. The molecule has 0 bridgehead atoms. The van der Waals surface area contributed by atoms with Crippen LogP contribution in [-0.4, -0.2) is 20.9 Å². The third-order valence-corrected chi connectivity index (χ3v) is 5.98. The van der Waals surface area contributed by atoms with Gasteiger partial charge in [0, 0.05) is 5.02 Å². The molecule has 144 valence electrons. The van der Waals surface area contributed by atoms with Crippen molar-refractivity contribution in [3.8, 4) is 5.75 Å². The van der Waals surface area contributed by atoms with Crippen molar-refractivity contribution in [2.45, 2.75) is 11.8 Å². The van der Waals surface area contributed by atoms with Gasteiger partial charge >= 0.3 is 0 Å². The zero-order chi connectivity index (χ0) is 20.1. The summed E-state index contributed by atoms with van der Waals surface area (Å²) in [7, 11) is -4.09. The van der Waals surface area contributed by atoms with Crippen LogP contribution in [0.1, 0.15) is 5.56 Å². The van der Waals surface area contributed by atoms with Gasteiger partial charge in [-0.1, -0.05) is 48.0 Å². The fraction of sp³-hybridized carbons (Fsp3) is 0.0952. The van der Waals surface area contributed by atoms with Crippen molar-refractivity contribution in [1.29, 1.82) is 0 Å². The van der Waals surface area contributed by atoms with Gasteiger partial charge in [0.05, 0.1) is 10.6 Å². The number of aryl methyl sites for hydroxylation is 1. The first-order chi connectivity index (χ1) is 13.4. The molecule has 1 amide bonds. The Morgan fingerprint density at radius 1 is 0.964 bits per heavy atom. The Hall–Kier alpha value is -2.83. The molecular formula is C21H18ClNO4S. The van der Waals surface area contributed by atoms with Crippen molar-refractivity contribution in [1.82, 2.24) is 0 Å². The number of rotatable bonds is 6. The minimum atomic E-state index is -4.09. The highest BCUT2D eigenvalue weighted by atomic mass is 35.5. The molecule has 28 heavy (non-hydrogen) atoms. The van der Waals surface area contributed by atoms with E-state index in [1.807, 2.05) is 0 Å². The molecule has 3 rings (SSSR count). The van der Waals surface area contributed by atoms with Gasteiger partial charge in [0.15, 0.2) is 6.61 Å². The number of para-hydroxylation sites is 1. The number of sulfonamides is 1. The van der Waals surface area contributed by atoms with E-state index in [4.69, 9.17) is 16.3 Å². The molecule has 0 aliphatic carbocycles. The summed E-state index contributed by atoms with van der Waals surface area (Å²) in [5, 5.41) is 0.550. The number of carbonyl (C=O) groups excluding carboxylic acids is 1. The largest absolute Gasteiger partial charge is 0.483 e. The Morgan fingerprint density at radius 3 is 2.18 bits per heavy atom. The standard InChI is InChI=1S/C21H18ClNO4S/c1-16-14-17(22)12-13-20(16)27-15-21(24)23(18-8-4-2-5-9-18)28(25,26)19-10-6-3-7-11-19/h2-14H,15H2,1H3. The third-order valence-electron chi connectivity index (χ3n) is 3.99. The maximum atomic E-state index is 13.1. The molecule has 0 saturated carbocycles. The topological polar surface area (TPSA) is 63.7 Å². The smallest absolute Gasteiger partial charge is 0.278 e. The van der Waals surface area contributed by atoms with Gasteiger partial charge < -0.3 is 4.74 Å². The highest BCUT2D eigenvalue weighted by molar-refractivity contribution is 7.93. The normalized spacial score (nSPS) is 11.1. The zero-order valence-corrected chi connectivity index (χ0v) is 16.7. The third kappa shape index (κ3) is 4.35. The lowest BCUT2D eigenvalue weighted by Crippen LogP contribution is -2.40. The van der Waals surface area contributed by atoms with Crippen LogP contribution >= 0.6 is 11.6 Å². The molecule has 0 N–H and O–H groups in total. The number of hydrogen-bond acceptors (Lipinski definition) is 4. The Bertz CT molecular complexity index is 1070. The molecule has 3 aromatic rings. The summed E-state index contributed by atoms with van der Waals surface area (Å²) in [6, 6.07) is 21.0. The van der Waals surface area contributed by atoms with Crippen LogP contribution in [0.25, 0.3) is 0 Å². The van der Waals surface area contributed by atoms with E-state index in [-0.39, 0.29) is 10.6 Å². The monoisotopic (exact) mass is 415 g/mol. The van der Waals surface area contributed by atoms with Crippen molar-refractivity contribution in [2.75, 3.05) is 10.9 Å². The number of ether oxygens (including phenoxy) is 1. The molecule has 0 spiro atoms. The number of carbonyl (C=O) groups is 1. The van der Waals surface area contributed by atoms with E-state index in [9.17, 15) is 13.2 Å². The maximum Gasteiger partial charge on any atom is 0.278 e. The molecule has 0 fully saturated rings. The van der Waals surface area contributed by atoms with Gasteiger partial charge in [0.2, 0.25) is 0 Å². The van der Waals surface area contributed by atoms with E-state index >= 15 is 0 Å². The van der Waals surface area contributed by atoms with Gasteiger partial charge in [-0.3, -0.25) is 4.79 Å². The summed E-state index contributed by atoms with van der Waals surface area (Å²) >= 11 is 5.93. The lowest BCUT2D eigenvalue weighted by molar-refractivity contribution is -0.119. The van der Waals surface area contributed by atoms with Crippen LogP contribution in [0.3, 0.4) is 0 Å². The molecule has 0 radical (unpaired) electrons. The quantitative estimate of drug-likeness (QED) is 0.596. The molecule has 0 atom stereocenters. The summed E-state index contributed by atoms with van der Waals surface area (Å²) in [5.74, 6) is -0.243. The molecule has 0 unspecified atom stereocenters. The van der Waals surface area contributed by atoms with Crippen molar-refractivity contribution in [3.63, 3.8) is 0 Å². The molecule has 0 heterocycles. The summed E-state index contributed by atoms with van der Waals surface area (Å²) in [5.41, 5.74) is 0.991. The number of anilines is 1. The number of benzene rings is 3. The second kappa shape index (κ2) is 8.46. The summed E-state index contributed by atoms with van der Waals surface area (Å²) in [4.78, 5) is 12.9. The first-order valence-electron chi connectivity index (χ1n) is 8.47. The fourth-order valence-electron chi connectivity index (χ4n) is 2.65. The average molecular weight is 416 g/mol. The second-order valence-electron chi connectivity index (χ2n) is 6.01. The lowest BCUT2D eigenvalue weighted by Gasteiger charge is -2.23. The first kappa shape index (κ1) is 19.9. The van der Waals surface area contributed by atoms with Crippen LogP contribution in [0.2, 0.25) is 5.02 Å². The van der Waals surface area contributed by atoms with E-state index in [2.05, 4.69) is 0 Å². The average Bonchev–Trinajstić information content (AvgIpc) is 2.69. The summed E-state index contributed by atoms with van der Waals surface area (Å²) in [6.07, 6.45) is 0. The predicted molar refractivity (Wildman–Crippen MR) is 109 cm³/mol. The van der Waals surface area contributed by atoms with Gasteiger partial charge in [-0.05, 0) is 55.0 Å². The first-order valence-corrected chi connectivity index (χ1v) is 10.3. The van der Waals surface area contributed by atoms with Crippen molar-refractivity contribution in [3.05, 3.63) is 89.4 Å². The molecule has 7 heteroatoms. The molecule has 0 aliphatic heterocycles. The van der Waals surface area contributed by atoms with E-state index in [0.29, 0.717) is 10.8 Å². The SMILES string of the molecule is Cc1cc(Cl)ccc1OCC(=O)N(c1ccccc1)S(=O)(=O)c1ccccc1. The van der Waals surface area contributed by atoms with Gasteiger partial charge in [-0.15, -0.1) is 0 Å². The zero-order valence-electron chi connectivity index (χ0n) is 15.1. The van der Waals surface area contributed by atoms with E-state index in [1.165, 1.54) is 12.1 Å². The van der Waals surface area contributed by atoms with Crippen LogP contribution in [-0.2, 0) is 14.8 Å². The fourth-order valence-corrected chi connectivity index (χ4v) is 4.31. The minimum Gasteiger partial charge on any atom is -0.483 e. The lowest BCUT2D eigenvalue weighted by atomic mass is 10.2. The van der Waals surface area contributed by atoms with E-state index in [0.717, 1.165) is 9.87 Å². The maximum absolute atomic E-state index is 13.1. The Labute approximate surface area is 169 Å². The Kier molecular flexibility index (Phi) is 6.02. The van der Waals surface area contributed by atoms with Gasteiger partial charge in [0.25, 0.3) is 15.9 Å². The molecule has 3 aromatic carbocycles. The second-order valence-corrected chi connectivity index (χ2v) is 8.23. The highest BCUT2D eigenvalue weighted by Gasteiger charge is 2.31. The number of halogens is 1. The van der Waals surface area contributed by atoms with Crippen LogP contribution in [0.5, 0.6) is 5.75 Å². The highest BCUT2D eigenvalue weighted by Crippen LogP contribution is 2.25. The molecular weight excluding hydrogens is 398 g/mol. The van der Waals surface area contributed by atoms with Crippen molar-refractivity contribution in [2.24, 2.45) is 0 Å². The van der Waals surface area contributed by atoms with Crippen molar-refractivity contribution < 1.29 is 17.9 Å². The van der Waals surface area contributed by atoms with E-state index in [1.54, 1.807) is 73.7 Å². The van der Waals surface area contributed by atoms with Gasteiger partial charge in [0.1, 0.15) is 5.75 Å². The van der Waals surface area contributed by atoms with Crippen LogP contribution in [0.15, 0.2) is 83.8 Å². The minimum absolute atomic E-state index is 0.0230. The summed E-state index contributed by atoms with van der Waals surface area (Å²) in [6.45, 7) is 1.35. The van der Waals surface area contributed by atoms with Crippen LogP contribution < -0.4 is 9.04 Å².